The molecule has 0 rings (SSSR count). The predicted octanol–water partition coefficient (Wildman–Crippen LogP) is 2.17. The van der Waals surface area contributed by atoms with E-state index in [4.69, 9.17) is 4.74 Å². The van der Waals surface area contributed by atoms with Gasteiger partial charge < -0.3 is 4.74 Å². The molecule has 2 heteroatoms. The lowest BCUT2D eigenvalue weighted by Gasteiger charge is -2.21. The van der Waals surface area contributed by atoms with Crippen molar-refractivity contribution < 1.29 is 9.53 Å². The topological polar surface area (TPSA) is 26.3 Å². The molecule has 12 heavy (non-hydrogen) atoms. The third kappa shape index (κ3) is 4.16. The molecule has 0 aromatic rings. The van der Waals surface area contributed by atoms with Crippen LogP contribution in [0.2, 0.25) is 0 Å². The van der Waals surface area contributed by atoms with E-state index in [-0.39, 0.29) is 12.6 Å². The van der Waals surface area contributed by atoms with Gasteiger partial charge in [-0.3, -0.25) is 0 Å². The van der Waals surface area contributed by atoms with Crippen LogP contribution in [0.4, 0.5) is 0 Å². The van der Waals surface area contributed by atoms with Gasteiger partial charge in [0.15, 0.2) is 0 Å². The van der Waals surface area contributed by atoms with Crippen LogP contribution < -0.4 is 0 Å². The van der Waals surface area contributed by atoms with Crippen molar-refractivity contribution in [1.29, 1.82) is 0 Å². The van der Waals surface area contributed by atoms with Crippen LogP contribution in [0, 0.1) is 19.3 Å². The molecule has 68 valence electrons. The minimum absolute atomic E-state index is 0.245. The Morgan fingerprint density at radius 3 is 2.33 bits per heavy atom. The van der Waals surface area contributed by atoms with E-state index in [1.807, 2.05) is 6.92 Å². The summed E-state index contributed by atoms with van der Waals surface area (Å²) in [5, 5.41) is 0. The molecule has 0 unspecified atom stereocenters. The summed E-state index contributed by atoms with van der Waals surface area (Å²) in [4.78, 5) is 10.9. The van der Waals surface area contributed by atoms with Crippen molar-refractivity contribution in [3.63, 3.8) is 0 Å². The first-order valence-corrected chi connectivity index (χ1v) is 3.92. The largest absolute Gasteiger partial charge is 0.462 e. The van der Waals surface area contributed by atoms with Crippen molar-refractivity contribution in [2.75, 3.05) is 6.61 Å². The van der Waals surface area contributed by atoms with E-state index in [1.54, 1.807) is 6.92 Å². The van der Waals surface area contributed by atoms with Gasteiger partial charge in [-0.1, -0.05) is 13.5 Å². The van der Waals surface area contributed by atoms with Gasteiger partial charge in [0.1, 0.15) is 0 Å². The Hall–Kier alpha value is -0.790. The predicted molar refractivity (Wildman–Crippen MR) is 49.2 cm³/mol. The Bertz CT molecular complexity index is 180. The van der Waals surface area contributed by atoms with E-state index in [2.05, 4.69) is 20.4 Å². The first kappa shape index (κ1) is 11.2. The summed E-state index contributed by atoms with van der Waals surface area (Å²) in [6.07, 6.45) is 0.774. The van der Waals surface area contributed by atoms with Crippen LogP contribution in [-0.2, 0) is 9.53 Å². The molecular weight excluding hydrogens is 152 g/mol. The van der Waals surface area contributed by atoms with Crippen LogP contribution in [-0.4, -0.2) is 12.6 Å². The third-order valence-electron chi connectivity index (χ3n) is 1.61. The molecule has 0 fully saturated rings. The number of esters is 1. The summed E-state index contributed by atoms with van der Waals surface area (Å²) in [6, 6.07) is 0. The van der Waals surface area contributed by atoms with E-state index < -0.39 is 5.41 Å². The van der Waals surface area contributed by atoms with Gasteiger partial charge >= 0.3 is 5.97 Å². The smallest absolute Gasteiger partial charge is 0.333 e. The number of carbonyl (C=O) groups is 1. The third-order valence-corrected chi connectivity index (χ3v) is 1.61. The van der Waals surface area contributed by atoms with Gasteiger partial charge in [-0.05, 0) is 27.2 Å². The lowest BCUT2D eigenvalue weighted by molar-refractivity contribution is -0.141. The van der Waals surface area contributed by atoms with Crippen LogP contribution in [0.3, 0.4) is 0 Å². The summed E-state index contributed by atoms with van der Waals surface area (Å²) < 4.78 is 4.90. The number of ether oxygens (including phenoxy) is 1. The lowest BCUT2D eigenvalue weighted by Crippen LogP contribution is -2.21. The van der Waals surface area contributed by atoms with E-state index in [1.165, 1.54) is 0 Å². The maximum atomic E-state index is 10.9. The van der Waals surface area contributed by atoms with Crippen molar-refractivity contribution in [3.05, 3.63) is 26.0 Å². The van der Waals surface area contributed by atoms with E-state index in [0.29, 0.717) is 5.57 Å². The molecule has 0 aromatic heterocycles. The molecule has 2 nitrogen and oxygen atoms in total. The fourth-order valence-corrected chi connectivity index (χ4v) is 0.444. The molecule has 0 N–H and O–H groups in total. The maximum Gasteiger partial charge on any atom is 0.333 e. The van der Waals surface area contributed by atoms with Crippen molar-refractivity contribution in [1.82, 2.24) is 0 Å². The Balaban J connectivity index is 3.83. The van der Waals surface area contributed by atoms with Crippen LogP contribution in [0.15, 0.2) is 12.2 Å². The zero-order valence-corrected chi connectivity index (χ0v) is 7.85. The van der Waals surface area contributed by atoms with Crippen molar-refractivity contribution in [3.8, 4) is 0 Å². The van der Waals surface area contributed by atoms with E-state index >= 15 is 0 Å². The second-order valence-corrected chi connectivity index (χ2v) is 3.21. The Morgan fingerprint density at radius 1 is 1.50 bits per heavy atom. The summed E-state index contributed by atoms with van der Waals surface area (Å²) in [6.45, 7) is 14.9. The maximum absolute atomic E-state index is 10.9. The minimum Gasteiger partial charge on any atom is -0.462 e. The summed E-state index contributed by atoms with van der Waals surface area (Å²) in [5.41, 5.74) is -0.0209. The van der Waals surface area contributed by atoms with Crippen molar-refractivity contribution >= 4 is 5.97 Å². The molecule has 0 atom stereocenters. The molecule has 2 radical (unpaired) electrons. The molecule has 0 saturated heterocycles. The molecule has 0 aliphatic heterocycles. The fourth-order valence-electron chi connectivity index (χ4n) is 0.444. The van der Waals surface area contributed by atoms with E-state index in [0.717, 1.165) is 6.42 Å². The molecule has 0 aliphatic rings. The fraction of sp³-hybridized carbons (Fsp3) is 0.500. The van der Waals surface area contributed by atoms with Gasteiger partial charge in [0.25, 0.3) is 0 Å². The highest BCUT2D eigenvalue weighted by atomic mass is 16.5. The normalized spacial score (nSPS) is 11.0. The Morgan fingerprint density at radius 2 is 2.00 bits per heavy atom. The van der Waals surface area contributed by atoms with Gasteiger partial charge in [-0.15, -0.1) is 0 Å². The zero-order valence-electron chi connectivity index (χ0n) is 7.85. The van der Waals surface area contributed by atoms with Gasteiger partial charge in [0.05, 0.1) is 6.61 Å². The minimum atomic E-state index is -0.425. The van der Waals surface area contributed by atoms with Gasteiger partial charge in [-0.2, -0.15) is 0 Å². The van der Waals surface area contributed by atoms with Gasteiger partial charge in [0.2, 0.25) is 0 Å². The molecule has 0 aromatic carbocycles. The number of hydrogen-bond donors (Lipinski definition) is 0. The first-order valence-electron chi connectivity index (χ1n) is 3.92. The standard InChI is InChI=1S/C10H16O2/c1-6-10(4,5)7-12-9(11)8(2)3/h2,4-7H2,1,3H3. The summed E-state index contributed by atoms with van der Waals surface area (Å²) in [5.74, 6) is -0.375. The molecule has 0 saturated carbocycles. The average molecular weight is 168 g/mol. The van der Waals surface area contributed by atoms with Crippen LogP contribution in [0.1, 0.15) is 20.3 Å². The Labute approximate surface area is 74.6 Å². The monoisotopic (exact) mass is 168 g/mol. The number of hydrogen-bond acceptors (Lipinski definition) is 2. The second kappa shape index (κ2) is 4.29. The lowest BCUT2D eigenvalue weighted by atomic mass is 9.92. The molecule has 0 amide bonds. The zero-order chi connectivity index (χ0) is 9.78. The first-order chi connectivity index (χ1) is 5.39. The highest BCUT2D eigenvalue weighted by Crippen LogP contribution is 2.18. The molecule has 0 bridgehead atoms. The van der Waals surface area contributed by atoms with Crippen LogP contribution in [0.25, 0.3) is 0 Å². The van der Waals surface area contributed by atoms with Crippen LogP contribution in [0.5, 0.6) is 0 Å². The molecule has 0 aliphatic carbocycles. The van der Waals surface area contributed by atoms with Crippen LogP contribution >= 0.6 is 0 Å². The molecular formula is C10H16O2. The highest BCUT2D eigenvalue weighted by Gasteiger charge is 2.17. The van der Waals surface area contributed by atoms with Gasteiger partial charge in [0, 0.05) is 11.0 Å². The van der Waals surface area contributed by atoms with Gasteiger partial charge in [-0.25, -0.2) is 4.79 Å². The quantitative estimate of drug-likeness (QED) is 0.475. The van der Waals surface area contributed by atoms with Crippen molar-refractivity contribution in [2.24, 2.45) is 5.41 Å². The number of rotatable bonds is 4. The summed E-state index contributed by atoms with van der Waals surface area (Å²) >= 11 is 0. The van der Waals surface area contributed by atoms with Crippen molar-refractivity contribution in [2.45, 2.75) is 20.3 Å². The number of carbonyl (C=O) groups excluding carboxylic acids is 1. The molecule has 0 spiro atoms. The SMILES string of the molecule is [CH2]C([CH2])(CC)COC(=O)C(=C)C. The average Bonchev–Trinajstić information content (AvgIpc) is 2.00. The van der Waals surface area contributed by atoms with E-state index in [9.17, 15) is 4.79 Å². The molecule has 0 heterocycles. The second-order valence-electron chi connectivity index (χ2n) is 3.21. The summed E-state index contributed by atoms with van der Waals surface area (Å²) in [7, 11) is 0. The Kier molecular flexibility index (Phi) is 4.01. The highest BCUT2D eigenvalue weighted by molar-refractivity contribution is 5.86.